The fraction of sp³-hybridized carbons (Fsp3) is 0.300. The number of alkyl halides is 3. The fourth-order valence-electron chi connectivity index (χ4n) is 3.03. The second-order valence-corrected chi connectivity index (χ2v) is 6.75. The van der Waals surface area contributed by atoms with Gasteiger partial charge < -0.3 is 24.4 Å². The number of carbonyl (C=O) groups excluding carboxylic acids is 2. The molecular formula is C20H18F3N3O7. The number of rotatable bonds is 7. The van der Waals surface area contributed by atoms with Gasteiger partial charge in [-0.1, -0.05) is 0 Å². The van der Waals surface area contributed by atoms with Gasteiger partial charge in [-0.2, -0.15) is 0 Å². The number of esters is 1. The maximum Gasteiger partial charge on any atom is 0.573 e. The van der Waals surface area contributed by atoms with Gasteiger partial charge in [0.05, 0.1) is 29.4 Å². The summed E-state index contributed by atoms with van der Waals surface area (Å²) in [4.78, 5) is 37.0. The van der Waals surface area contributed by atoms with Crippen LogP contribution in [0.4, 0.5) is 30.2 Å². The van der Waals surface area contributed by atoms with E-state index in [1.54, 1.807) is 0 Å². The Morgan fingerprint density at radius 3 is 2.39 bits per heavy atom. The average Bonchev–Trinajstić information content (AvgIpc) is 2.78. The van der Waals surface area contributed by atoms with Gasteiger partial charge in [0.1, 0.15) is 5.75 Å². The summed E-state index contributed by atoms with van der Waals surface area (Å²) in [6, 6.07) is 8.14. The van der Waals surface area contributed by atoms with Crippen LogP contribution in [0.5, 0.6) is 5.75 Å². The van der Waals surface area contributed by atoms with Crippen LogP contribution < -0.4 is 15.0 Å². The van der Waals surface area contributed by atoms with Crippen molar-refractivity contribution in [1.29, 1.82) is 0 Å². The molecule has 10 nitrogen and oxygen atoms in total. The van der Waals surface area contributed by atoms with Gasteiger partial charge in [0, 0.05) is 30.9 Å². The number of nitro benzene ring substituents is 1. The van der Waals surface area contributed by atoms with Crippen LogP contribution in [0, 0.1) is 10.1 Å². The monoisotopic (exact) mass is 469 g/mol. The second-order valence-electron chi connectivity index (χ2n) is 6.75. The van der Waals surface area contributed by atoms with E-state index in [-0.39, 0.29) is 16.9 Å². The van der Waals surface area contributed by atoms with Crippen LogP contribution in [0.2, 0.25) is 0 Å². The van der Waals surface area contributed by atoms with Gasteiger partial charge in [-0.15, -0.1) is 13.2 Å². The molecule has 2 aromatic rings. The number of non-ortho nitro benzene ring substituents is 1. The zero-order valence-corrected chi connectivity index (χ0v) is 17.0. The number of halogens is 3. The van der Waals surface area contributed by atoms with E-state index in [9.17, 15) is 32.9 Å². The highest BCUT2D eigenvalue weighted by Gasteiger charge is 2.31. The van der Waals surface area contributed by atoms with Crippen molar-refractivity contribution < 1.29 is 41.9 Å². The number of hydrogen-bond donors (Lipinski definition) is 1. The van der Waals surface area contributed by atoms with Crippen molar-refractivity contribution in [3.63, 3.8) is 0 Å². The Balaban J connectivity index is 1.64. The van der Waals surface area contributed by atoms with Gasteiger partial charge in [0.15, 0.2) is 6.61 Å². The van der Waals surface area contributed by atoms with Crippen LogP contribution in [0.3, 0.4) is 0 Å². The maximum absolute atomic E-state index is 12.6. The maximum atomic E-state index is 12.6. The summed E-state index contributed by atoms with van der Waals surface area (Å²) in [6.45, 7) is 1.05. The quantitative estimate of drug-likeness (QED) is 0.373. The Bertz CT molecular complexity index is 1020. The topological polar surface area (TPSA) is 120 Å². The zero-order valence-electron chi connectivity index (χ0n) is 17.0. The van der Waals surface area contributed by atoms with Crippen molar-refractivity contribution >= 4 is 28.9 Å². The molecule has 0 radical (unpaired) electrons. The molecule has 1 N–H and O–H groups in total. The first-order chi connectivity index (χ1) is 15.6. The van der Waals surface area contributed by atoms with Crippen molar-refractivity contribution in [3.05, 3.63) is 58.1 Å². The lowest BCUT2D eigenvalue weighted by molar-refractivity contribution is -0.384. The number of morpholine rings is 1. The highest BCUT2D eigenvalue weighted by atomic mass is 19.4. The van der Waals surface area contributed by atoms with Crippen LogP contribution in [0.1, 0.15) is 10.4 Å². The summed E-state index contributed by atoms with van der Waals surface area (Å²) in [5.41, 5.74) is 0.168. The number of nitrogens with zero attached hydrogens (tertiary/aromatic N) is 2. The molecule has 0 bridgehead atoms. The summed E-state index contributed by atoms with van der Waals surface area (Å²) in [5.74, 6) is -2.16. The first kappa shape index (κ1) is 23.8. The molecule has 176 valence electrons. The fourth-order valence-corrected chi connectivity index (χ4v) is 3.03. The molecule has 1 aliphatic rings. The third kappa shape index (κ3) is 6.80. The van der Waals surface area contributed by atoms with Crippen molar-refractivity contribution in [3.8, 4) is 5.75 Å². The summed E-state index contributed by atoms with van der Waals surface area (Å²) in [7, 11) is 0. The predicted octanol–water partition coefficient (Wildman–Crippen LogP) is 3.13. The molecule has 2 aromatic carbocycles. The van der Waals surface area contributed by atoms with Crippen LogP contribution in [-0.4, -0.2) is 56.1 Å². The minimum atomic E-state index is -4.84. The lowest BCUT2D eigenvalue weighted by Gasteiger charge is -2.30. The molecule has 0 unspecified atom stereocenters. The molecular weight excluding hydrogens is 451 g/mol. The predicted molar refractivity (Wildman–Crippen MR) is 108 cm³/mol. The summed E-state index contributed by atoms with van der Waals surface area (Å²) < 4.78 is 50.6. The van der Waals surface area contributed by atoms with Gasteiger partial charge in [0.25, 0.3) is 11.6 Å². The normalized spacial score (nSPS) is 13.8. The Morgan fingerprint density at radius 1 is 1.12 bits per heavy atom. The van der Waals surface area contributed by atoms with Crippen LogP contribution in [-0.2, 0) is 14.3 Å². The molecule has 33 heavy (non-hydrogen) atoms. The summed E-state index contributed by atoms with van der Waals surface area (Å²) >= 11 is 0. The molecule has 0 saturated carbocycles. The van der Waals surface area contributed by atoms with E-state index in [4.69, 9.17) is 9.47 Å². The number of anilines is 2. The number of carbonyl (C=O) groups is 2. The van der Waals surface area contributed by atoms with Crippen LogP contribution >= 0.6 is 0 Å². The molecule has 0 aromatic heterocycles. The number of ether oxygens (including phenoxy) is 3. The van der Waals surface area contributed by atoms with Gasteiger partial charge in [-0.25, -0.2) is 4.79 Å². The molecule has 0 spiro atoms. The van der Waals surface area contributed by atoms with E-state index in [0.29, 0.717) is 32.0 Å². The number of amides is 1. The minimum Gasteiger partial charge on any atom is -0.452 e. The highest BCUT2D eigenvalue weighted by molar-refractivity contribution is 5.99. The van der Waals surface area contributed by atoms with Crippen molar-refractivity contribution in [2.45, 2.75) is 6.36 Å². The Morgan fingerprint density at radius 2 is 1.79 bits per heavy atom. The Hall–Kier alpha value is -3.87. The summed E-state index contributed by atoms with van der Waals surface area (Å²) in [5, 5.41) is 13.5. The van der Waals surface area contributed by atoms with Crippen molar-refractivity contribution in [1.82, 2.24) is 0 Å². The van der Waals surface area contributed by atoms with E-state index in [1.807, 2.05) is 4.90 Å². The van der Waals surface area contributed by atoms with E-state index in [0.717, 1.165) is 18.2 Å². The van der Waals surface area contributed by atoms with E-state index in [1.165, 1.54) is 24.3 Å². The van der Waals surface area contributed by atoms with Crippen LogP contribution in [0.15, 0.2) is 42.5 Å². The molecule has 3 rings (SSSR count). The Kier molecular flexibility index (Phi) is 7.33. The van der Waals surface area contributed by atoms with E-state index >= 15 is 0 Å². The largest absolute Gasteiger partial charge is 0.573 e. The lowest BCUT2D eigenvalue weighted by atomic mass is 10.1. The lowest BCUT2D eigenvalue weighted by Crippen LogP contribution is -2.37. The van der Waals surface area contributed by atoms with E-state index in [2.05, 4.69) is 10.1 Å². The molecule has 1 amide bonds. The minimum absolute atomic E-state index is 0.0763. The molecule has 0 atom stereocenters. The number of nitro groups is 1. The van der Waals surface area contributed by atoms with Gasteiger partial charge in [0.2, 0.25) is 0 Å². The molecule has 1 fully saturated rings. The molecule has 1 aliphatic heterocycles. The zero-order chi connectivity index (χ0) is 24.0. The van der Waals surface area contributed by atoms with Crippen LogP contribution in [0.25, 0.3) is 0 Å². The van der Waals surface area contributed by atoms with Crippen molar-refractivity contribution in [2.24, 2.45) is 0 Å². The molecule has 13 heteroatoms. The Labute approximate surface area is 185 Å². The summed E-state index contributed by atoms with van der Waals surface area (Å²) in [6.07, 6.45) is -4.84. The highest BCUT2D eigenvalue weighted by Crippen LogP contribution is 2.27. The second kappa shape index (κ2) is 10.2. The average molecular weight is 469 g/mol. The third-order valence-corrected chi connectivity index (χ3v) is 4.47. The first-order valence-corrected chi connectivity index (χ1v) is 9.56. The molecule has 1 saturated heterocycles. The van der Waals surface area contributed by atoms with Crippen molar-refractivity contribution in [2.75, 3.05) is 43.1 Å². The molecule has 0 aliphatic carbocycles. The van der Waals surface area contributed by atoms with Gasteiger partial charge in [-0.3, -0.25) is 14.9 Å². The molecule has 1 heterocycles. The first-order valence-electron chi connectivity index (χ1n) is 9.56. The smallest absolute Gasteiger partial charge is 0.452 e. The number of nitrogens with one attached hydrogen (secondary N) is 1. The van der Waals surface area contributed by atoms with Gasteiger partial charge >= 0.3 is 12.3 Å². The van der Waals surface area contributed by atoms with E-state index < -0.39 is 35.5 Å². The SMILES string of the molecule is O=C(COC(=O)c1cc([N+](=O)[O-])ccc1N1CCOCC1)Nc1ccc(OC(F)(F)F)cc1. The standard InChI is InChI=1S/C20H18F3N3O7/c21-20(22,23)33-15-4-1-13(2-5-15)24-18(27)12-32-19(28)16-11-14(26(29)30)3-6-17(16)25-7-9-31-10-8-25/h1-6,11H,7-10,12H2,(H,24,27). The van der Waals surface area contributed by atoms with Gasteiger partial charge in [-0.05, 0) is 30.3 Å². The number of benzene rings is 2. The number of hydrogen-bond acceptors (Lipinski definition) is 8. The third-order valence-electron chi connectivity index (χ3n) is 4.47.